The molecule has 10 heteroatoms. The largest absolute Gasteiger partial charge is 0.387 e. The number of H-pyrrole nitrogens is 1. The van der Waals surface area contributed by atoms with E-state index < -0.39 is 24.2 Å². The molecule has 7 nitrogen and oxygen atoms in total. The zero-order valence-corrected chi connectivity index (χ0v) is 19.6. The molecule has 0 saturated carbocycles. The van der Waals surface area contributed by atoms with Gasteiger partial charge < -0.3 is 19.9 Å². The Hall–Kier alpha value is -2.68. The van der Waals surface area contributed by atoms with Gasteiger partial charge in [-0.3, -0.25) is 14.4 Å². The van der Waals surface area contributed by atoms with Crippen LogP contribution in [0.1, 0.15) is 38.3 Å². The average molecular weight is 494 g/mol. The van der Waals surface area contributed by atoms with Crippen LogP contribution in [0.15, 0.2) is 22.5 Å². The van der Waals surface area contributed by atoms with Crippen molar-refractivity contribution in [3.63, 3.8) is 0 Å². The van der Waals surface area contributed by atoms with Crippen LogP contribution in [0, 0.1) is 13.8 Å². The Balaban J connectivity index is 1.67. The first-order valence-electron chi connectivity index (χ1n) is 10.4. The summed E-state index contributed by atoms with van der Waals surface area (Å²) < 4.78 is 15.2. The topological polar surface area (TPSA) is 93.7 Å². The Kier molecular flexibility index (Phi) is 6.35. The molecule has 1 saturated heterocycles. The highest BCUT2D eigenvalue weighted by molar-refractivity contribution is 6.38. The fourth-order valence-corrected chi connectivity index (χ4v) is 4.87. The summed E-state index contributed by atoms with van der Waals surface area (Å²) in [7, 11) is 0. The molecule has 2 amide bonds. The lowest BCUT2D eigenvalue weighted by Gasteiger charge is -2.34. The van der Waals surface area contributed by atoms with E-state index in [1.54, 1.807) is 6.92 Å². The van der Waals surface area contributed by atoms with E-state index in [2.05, 4.69) is 4.98 Å². The Morgan fingerprint density at radius 3 is 2.55 bits per heavy atom. The molecule has 4 rings (SSSR count). The Morgan fingerprint density at radius 2 is 1.91 bits per heavy atom. The predicted octanol–water partition coefficient (Wildman–Crippen LogP) is 3.01. The number of nitrogens with zero attached hydrogens (tertiary/aromatic N) is 2. The molecule has 2 aromatic rings. The maximum absolute atomic E-state index is 15.2. The number of aliphatic hydroxyl groups is 1. The summed E-state index contributed by atoms with van der Waals surface area (Å²) >= 11 is 12.9. The highest BCUT2D eigenvalue weighted by Gasteiger charge is 2.34. The SMILES string of the molecule is Cc1cc(C)c(CN2CCc3c(Cl)cc(C(F)=C4CN(C(=O)CO)C4)c(Cl)c3C2=O)c(=O)[nH]1. The van der Waals surface area contributed by atoms with E-state index in [-0.39, 0.29) is 46.4 Å². The molecule has 1 aromatic heterocycles. The molecule has 3 heterocycles. The van der Waals surface area contributed by atoms with Crippen LogP contribution < -0.4 is 5.56 Å². The summed E-state index contributed by atoms with van der Waals surface area (Å²) in [5.41, 5.74) is 2.72. The average Bonchev–Trinajstić information content (AvgIpc) is 2.72. The molecule has 2 aliphatic heterocycles. The Morgan fingerprint density at radius 1 is 1.21 bits per heavy atom. The maximum atomic E-state index is 15.2. The predicted molar refractivity (Wildman–Crippen MR) is 123 cm³/mol. The normalized spacial score (nSPS) is 15.5. The number of pyridine rings is 1. The molecule has 1 fully saturated rings. The molecule has 0 aliphatic carbocycles. The molecule has 0 spiro atoms. The van der Waals surface area contributed by atoms with Gasteiger partial charge >= 0.3 is 0 Å². The number of aryl methyl sites for hydroxylation is 2. The van der Waals surface area contributed by atoms with Crippen molar-refractivity contribution in [2.45, 2.75) is 26.8 Å². The number of amides is 2. The fraction of sp³-hybridized carbons (Fsp3) is 0.348. The molecule has 0 bridgehead atoms. The summed E-state index contributed by atoms with van der Waals surface area (Å²) in [5, 5.41) is 9.12. The van der Waals surface area contributed by atoms with Crippen LogP contribution >= 0.6 is 23.2 Å². The Bertz CT molecular complexity index is 1260. The second kappa shape index (κ2) is 8.93. The Labute approximate surface area is 199 Å². The molecule has 33 heavy (non-hydrogen) atoms. The van der Waals surface area contributed by atoms with Crippen LogP contribution in [0.5, 0.6) is 0 Å². The first-order valence-corrected chi connectivity index (χ1v) is 11.1. The number of carbonyl (C=O) groups excluding carboxylic acids is 2. The van der Waals surface area contributed by atoms with Gasteiger partial charge in [-0.1, -0.05) is 23.2 Å². The minimum absolute atomic E-state index is 0.00826. The van der Waals surface area contributed by atoms with E-state index in [4.69, 9.17) is 28.3 Å². The van der Waals surface area contributed by atoms with Crippen LogP contribution in [0.4, 0.5) is 4.39 Å². The number of aromatic nitrogens is 1. The van der Waals surface area contributed by atoms with Gasteiger partial charge in [-0.2, -0.15) is 0 Å². The second-order valence-corrected chi connectivity index (χ2v) is 9.10. The van der Waals surface area contributed by atoms with Crippen LogP contribution in [0.2, 0.25) is 10.0 Å². The number of aliphatic hydroxyl groups excluding tert-OH is 1. The van der Waals surface area contributed by atoms with Crippen molar-refractivity contribution in [2.75, 3.05) is 26.2 Å². The third-order valence-electron chi connectivity index (χ3n) is 6.09. The monoisotopic (exact) mass is 493 g/mol. The molecule has 2 aliphatic rings. The number of likely N-dealkylation sites (tertiary alicyclic amines) is 1. The van der Waals surface area contributed by atoms with Crippen molar-refractivity contribution >= 4 is 40.8 Å². The van der Waals surface area contributed by atoms with E-state index >= 15 is 4.39 Å². The molecule has 174 valence electrons. The van der Waals surface area contributed by atoms with Gasteiger partial charge in [0.2, 0.25) is 5.91 Å². The van der Waals surface area contributed by atoms with Crippen LogP contribution in [0.3, 0.4) is 0 Å². The summed E-state index contributed by atoms with van der Waals surface area (Å²) in [4.78, 5) is 42.8. The number of halogens is 3. The lowest BCUT2D eigenvalue weighted by molar-refractivity contribution is -0.135. The van der Waals surface area contributed by atoms with Crippen LogP contribution in [-0.2, 0) is 17.8 Å². The lowest BCUT2D eigenvalue weighted by atomic mass is 9.93. The molecule has 0 atom stereocenters. The van der Waals surface area contributed by atoms with Crippen molar-refractivity contribution in [1.82, 2.24) is 14.8 Å². The molecule has 1 aromatic carbocycles. The van der Waals surface area contributed by atoms with Crippen molar-refractivity contribution in [2.24, 2.45) is 0 Å². The van der Waals surface area contributed by atoms with Crippen molar-refractivity contribution in [3.05, 3.63) is 71.6 Å². The number of benzene rings is 1. The summed E-state index contributed by atoms with van der Waals surface area (Å²) in [6.07, 6.45) is 0.416. The highest BCUT2D eigenvalue weighted by Crippen LogP contribution is 2.40. The van der Waals surface area contributed by atoms with E-state index in [1.807, 2.05) is 13.0 Å². The first-order chi connectivity index (χ1) is 15.6. The van der Waals surface area contributed by atoms with Gasteiger partial charge in [0, 0.05) is 47.1 Å². The summed E-state index contributed by atoms with van der Waals surface area (Å²) in [6, 6.07) is 3.24. The van der Waals surface area contributed by atoms with E-state index in [0.29, 0.717) is 29.7 Å². The number of nitrogens with one attached hydrogen (secondary N) is 1. The smallest absolute Gasteiger partial charge is 0.256 e. The van der Waals surface area contributed by atoms with E-state index in [9.17, 15) is 14.4 Å². The van der Waals surface area contributed by atoms with Gasteiger partial charge in [0.15, 0.2) is 0 Å². The molecular weight excluding hydrogens is 472 g/mol. The minimum Gasteiger partial charge on any atom is -0.387 e. The number of carbonyl (C=O) groups is 2. The van der Waals surface area contributed by atoms with Crippen LogP contribution in [-0.4, -0.2) is 57.9 Å². The van der Waals surface area contributed by atoms with Crippen LogP contribution in [0.25, 0.3) is 5.83 Å². The van der Waals surface area contributed by atoms with Gasteiger partial charge in [0.05, 0.1) is 17.1 Å². The van der Waals surface area contributed by atoms with E-state index in [0.717, 1.165) is 11.3 Å². The summed E-state index contributed by atoms with van der Waals surface area (Å²) in [5.74, 6) is -1.55. The standard InChI is InChI=1S/C23H22Cl2FN3O4/c1-11-5-12(2)27-22(32)16(11)9-28-4-3-14-17(24)6-15(20(25)19(14)23(28)33)21(26)13-7-29(8-13)18(31)10-30/h5-6,30H,3-4,7-10H2,1-2H3,(H,27,32). The zero-order valence-electron chi connectivity index (χ0n) is 18.1. The zero-order chi connectivity index (χ0) is 24.0. The molecule has 2 N–H and O–H groups in total. The second-order valence-electron chi connectivity index (χ2n) is 8.32. The van der Waals surface area contributed by atoms with Crippen molar-refractivity contribution < 1.29 is 19.1 Å². The maximum Gasteiger partial charge on any atom is 0.256 e. The third-order valence-corrected chi connectivity index (χ3v) is 6.82. The molecular formula is C23H22Cl2FN3O4. The van der Waals surface area contributed by atoms with Gasteiger partial charge in [0.1, 0.15) is 12.4 Å². The van der Waals surface area contributed by atoms with Gasteiger partial charge in [0.25, 0.3) is 11.5 Å². The first kappa shape index (κ1) is 23.5. The fourth-order valence-electron chi connectivity index (χ4n) is 4.24. The highest BCUT2D eigenvalue weighted by atomic mass is 35.5. The number of fused-ring (bicyclic) bond motifs is 1. The molecule has 0 unspecified atom stereocenters. The molecule has 0 radical (unpaired) electrons. The minimum atomic E-state index is -0.645. The van der Waals surface area contributed by atoms with Crippen molar-refractivity contribution in [3.8, 4) is 0 Å². The van der Waals surface area contributed by atoms with Crippen molar-refractivity contribution in [1.29, 1.82) is 0 Å². The van der Waals surface area contributed by atoms with Gasteiger partial charge in [-0.15, -0.1) is 0 Å². The lowest BCUT2D eigenvalue weighted by Crippen LogP contribution is -2.46. The van der Waals surface area contributed by atoms with Gasteiger partial charge in [-0.05, 0) is 43.5 Å². The number of hydrogen-bond acceptors (Lipinski definition) is 4. The number of aromatic amines is 1. The third kappa shape index (κ3) is 4.18. The number of hydrogen-bond donors (Lipinski definition) is 2. The summed E-state index contributed by atoms with van der Waals surface area (Å²) in [6.45, 7) is 3.46. The van der Waals surface area contributed by atoms with Gasteiger partial charge in [-0.25, -0.2) is 4.39 Å². The van der Waals surface area contributed by atoms with E-state index in [1.165, 1.54) is 15.9 Å². The number of rotatable bonds is 4. The quantitative estimate of drug-likeness (QED) is 0.684.